The lowest BCUT2D eigenvalue weighted by molar-refractivity contribution is -0.133. The van der Waals surface area contributed by atoms with Gasteiger partial charge < -0.3 is 15.5 Å². The number of carbonyl (C=O) groups excluding carboxylic acids is 1. The van der Waals surface area contributed by atoms with Gasteiger partial charge in [0.1, 0.15) is 0 Å². The van der Waals surface area contributed by atoms with Crippen LogP contribution in [-0.4, -0.2) is 49.0 Å². The molecular formula is C14H27IN4O. The lowest BCUT2D eigenvalue weighted by Crippen LogP contribution is -2.46. The van der Waals surface area contributed by atoms with Crippen molar-refractivity contribution in [1.82, 2.24) is 15.5 Å². The second kappa shape index (κ2) is 7.47. The first-order valence-electron chi connectivity index (χ1n) is 7.30. The smallest absolute Gasteiger partial charge is 0.225 e. The number of carbonyl (C=O) groups is 1. The molecule has 116 valence electrons. The first-order valence-corrected chi connectivity index (χ1v) is 7.30. The van der Waals surface area contributed by atoms with Crippen LogP contribution in [0.5, 0.6) is 0 Å². The van der Waals surface area contributed by atoms with Gasteiger partial charge in [0.05, 0.1) is 0 Å². The van der Waals surface area contributed by atoms with Crippen LogP contribution in [0, 0.1) is 11.8 Å². The Bertz CT molecular complexity index is 372. The predicted octanol–water partition coefficient (Wildman–Crippen LogP) is 1.43. The number of nitrogens with one attached hydrogen (secondary N) is 2. The van der Waals surface area contributed by atoms with Crippen LogP contribution in [0.1, 0.15) is 33.6 Å². The van der Waals surface area contributed by atoms with Crippen molar-refractivity contribution in [3.8, 4) is 0 Å². The van der Waals surface area contributed by atoms with Crippen molar-refractivity contribution in [2.45, 2.75) is 45.7 Å². The Hall–Kier alpha value is -0.530. The molecule has 2 N–H and O–H groups in total. The molecule has 0 bridgehead atoms. The zero-order chi connectivity index (χ0) is 14.0. The normalized spacial score (nSPS) is 29.1. The molecule has 2 aliphatic rings. The van der Waals surface area contributed by atoms with Crippen molar-refractivity contribution in [2.24, 2.45) is 16.8 Å². The molecule has 0 aromatic heterocycles. The number of hydrogen-bond donors (Lipinski definition) is 2. The van der Waals surface area contributed by atoms with Gasteiger partial charge in [0.15, 0.2) is 5.96 Å². The van der Waals surface area contributed by atoms with Gasteiger partial charge in [-0.2, -0.15) is 0 Å². The van der Waals surface area contributed by atoms with E-state index in [-0.39, 0.29) is 35.8 Å². The van der Waals surface area contributed by atoms with E-state index in [4.69, 9.17) is 0 Å². The number of hydrogen-bond acceptors (Lipinski definition) is 2. The maximum Gasteiger partial charge on any atom is 0.225 e. The van der Waals surface area contributed by atoms with Crippen LogP contribution in [0.4, 0.5) is 0 Å². The molecule has 0 aromatic carbocycles. The summed E-state index contributed by atoms with van der Waals surface area (Å²) >= 11 is 0. The standard InChI is InChI=1S/C14H26N4O.HI/c1-9(2)13(19)18-6-5-11(8-18)16-14(15-4)17-12-7-10(12)3;/h9-12H,5-8H2,1-4H3,(H2,15,16,17);1H. The number of likely N-dealkylation sites (tertiary alicyclic amines) is 1. The van der Waals surface area contributed by atoms with E-state index in [2.05, 4.69) is 22.5 Å². The predicted molar refractivity (Wildman–Crippen MR) is 92.4 cm³/mol. The number of aliphatic imine (C=N–C) groups is 1. The molecule has 0 radical (unpaired) electrons. The summed E-state index contributed by atoms with van der Waals surface area (Å²) in [7, 11) is 1.80. The van der Waals surface area contributed by atoms with Crippen molar-refractivity contribution in [3.63, 3.8) is 0 Å². The number of halogens is 1. The number of nitrogens with zero attached hydrogens (tertiary/aromatic N) is 2. The molecule has 5 nitrogen and oxygen atoms in total. The van der Waals surface area contributed by atoms with E-state index in [0.29, 0.717) is 12.1 Å². The Morgan fingerprint density at radius 3 is 2.50 bits per heavy atom. The topological polar surface area (TPSA) is 56.7 Å². The first-order chi connectivity index (χ1) is 9.01. The Balaban J connectivity index is 0.00000200. The summed E-state index contributed by atoms with van der Waals surface area (Å²) < 4.78 is 0. The second-order valence-electron chi connectivity index (χ2n) is 6.10. The zero-order valence-electron chi connectivity index (χ0n) is 12.8. The average molecular weight is 394 g/mol. The highest BCUT2D eigenvalue weighted by molar-refractivity contribution is 14.0. The quantitative estimate of drug-likeness (QED) is 0.433. The van der Waals surface area contributed by atoms with Crippen molar-refractivity contribution in [2.75, 3.05) is 20.1 Å². The fourth-order valence-corrected chi connectivity index (χ4v) is 2.51. The van der Waals surface area contributed by atoms with Crippen molar-refractivity contribution < 1.29 is 4.79 Å². The molecule has 6 heteroatoms. The van der Waals surface area contributed by atoms with Gasteiger partial charge in [-0.3, -0.25) is 9.79 Å². The van der Waals surface area contributed by atoms with E-state index in [1.165, 1.54) is 6.42 Å². The lowest BCUT2D eigenvalue weighted by atomic mass is 10.2. The van der Waals surface area contributed by atoms with Crippen molar-refractivity contribution in [3.05, 3.63) is 0 Å². The molecule has 2 fully saturated rings. The summed E-state index contributed by atoms with van der Waals surface area (Å²) in [6.45, 7) is 7.79. The maximum atomic E-state index is 11.9. The molecule has 3 unspecified atom stereocenters. The molecule has 3 atom stereocenters. The number of guanidine groups is 1. The first kappa shape index (κ1) is 17.5. The van der Waals surface area contributed by atoms with Crippen molar-refractivity contribution >= 4 is 35.8 Å². The van der Waals surface area contributed by atoms with Gasteiger partial charge >= 0.3 is 0 Å². The molecule has 20 heavy (non-hydrogen) atoms. The summed E-state index contributed by atoms with van der Waals surface area (Å²) in [4.78, 5) is 18.1. The minimum atomic E-state index is 0. The number of rotatable bonds is 3. The summed E-state index contributed by atoms with van der Waals surface area (Å²) in [6.07, 6.45) is 2.22. The SMILES string of the molecule is CN=C(NC1CCN(C(=O)C(C)C)C1)NC1CC1C.I. The molecule has 1 aliphatic heterocycles. The minimum absolute atomic E-state index is 0. The van der Waals surface area contributed by atoms with Gasteiger partial charge in [-0.15, -0.1) is 24.0 Å². The summed E-state index contributed by atoms with van der Waals surface area (Å²) in [5.41, 5.74) is 0. The summed E-state index contributed by atoms with van der Waals surface area (Å²) in [6, 6.07) is 0.893. The van der Waals surface area contributed by atoms with Crippen LogP contribution in [0.15, 0.2) is 4.99 Å². The molecule has 1 saturated heterocycles. The fourth-order valence-electron chi connectivity index (χ4n) is 2.51. The third kappa shape index (κ3) is 4.49. The van der Waals surface area contributed by atoms with Gasteiger partial charge in [0.25, 0.3) is 0 Å². The molecule has 1 amide bonds. The summed E-state index contributed by atoms with van der Waals surface area (Å²) in [5.74, 6) is 1.96. The molecule has 1 heterocycles. The molecule has 2 rings (SSSR count). The zero-order valence-corrected chi connectivity index (χ0v) is 15.2. The minimum Gasteiger partial charge on any atom is -0.353 e. The molecular weight excluding hydrogens is 367 g/mol. The van der Waals surface area contributed by atoms with E-state index in [0.717, 1.165) is 31.4 Å². The highest BCUT2D eigenvalue weighted by Crippen LogP contribution is 2.28. The Morgan fingerprint density at radius 2 is 2.00 bits per heavy atom. The molecule has 1 saturated carbocycles. The van der Waals surface area contributed by atoms with Crippen LogP contribution in [-0.2, 0) is 4.79 Å². The van der Waals surface area contributed by atoms with E-state index in [9.17, 15) is 4.79 Å². The van der Waals surface area contributed by atoms with Gasteiger partial charge in [0.2, 0.25) is 5.91 Å². The molecule has 1 aliphatic carbocycles. The Kier molecular flexibility index (Phi) is 6.54. The summed E-state index contributed by atoms with van der Waals surface area (Å²) in [5, 5.41) is 6.85. The largest absolute Gasteiger partial charge is 0.353 e. The van der Waals surface area contributed by atoms with Gasteiger partial charge in [-0.05, 0) is 18.8 Å². The van der Waals surface area contributed by atoms with Crippen LogP contribution < -0.4 is 10.6 Å². The van der Waals surface area contributed by atoms with Crippen LogP contribution in [0.2, 0.25) is 0 Å². The highest BCUT2D eigenvalue weighted by atomic mass is 127. The fraction of sp³-hybridized carbons (Fsp3) is 0.857. The van der Waals surface area contributed by atoms with E-state index in [1.807, 2.05) is 18.7 Å². The maximum absolute atomic E-state index is 11.9. The van der Waals surface area contributed by atoms with Crippen molar-refractivity contribution in [1.29, 1.82) is 0 Å². The third-order valence-electron chi connectivity index (χ3n) is 3.99. The molecule has 0 aromatic rings. The second-order valence-corrected chi connectivity index (χ2v) is 6.10. The number of amides is 1. The Labute approximate surface area is 139 Å². The van der Waals surface area contributed by atoms with Gasteiger partial charge in [-0.25, -0.2) is 0 Å². The highest BCUT2D eigenvalue weighted by Gasteiger charge is 2.34. The third-order valence-corrected chi connectivity index (χ3v) is 3.99. The average Bonchev–Trinajstić information content (AvgIpc) is 2.89. The monoisotopic (exact) mass is 394 g/mol. The van der Waals surface area contributed by atoms with E-state index >= 15 is 0 Å². The van der Waals surface area contributed by atoms with E-state index in [1.54, 1.807) is 7.05 Å². The van der Waals surface area contributed by atoms with Gasteiger partial charge in [-0.1, -0.05) is 20.8 Å². The molecule has 0 spiro atoms. The lowest BCUT2D eigenvalue weighted by Gasteiger charge is -2.20. The van der Waals surface area contributed by atoms with E-state index < -0.39 is 0 Å². The van der Waals surface area contributed by atoms with Gasteiger partial charge in [0, 0.05) is 38.1 Å². The Morgan fingerprint density at radius 1 is 1.35 bits per heavy atom. The van der Waals surface area contributed by atoms with Crippen LogP contribution in [0.3, 0.4) is 0 Å². The van der Waals surface area contributed by atoms with Crippen LogP contribution >= 0.6 is 24.0 Å². The van der Waals surface area contributed by atoms with Crippen LogP contribution in [0.25, 0.3) is 0 Å².